The summed E-state index contributed by atoms with van der Waals surface area (Å²) in [6.07, 6.45) is 0.777. The average molecular weight is 556 g/mol. The molecule has 0 amide bonds. The molecule has 0 spiro atoms. The molecule has 1 N–H and O–H groups in total. The van der Waals surface area contributed by atoms with E-state index in [0.29, 0.717) is 23.4 Å². The van der Waals surface area contributed by atoms with Crippen molar-refractivity contribution in [3.8, 4) is 23.3 Å². The van der Waals surface area contributed by atoms with E-state index in [1.165, 1.54) is 0 Å². The Morgan fingerprint density at radius 3 is 2.50 bits per heavy atom. The maximum Gasteiger partial charge on any atom is 0.337 e. The second-order valence-corrected chi connectivity index (χ2v) is 10.1. The largest absolute Gasteiger partial charge is 0.497 e. The number of aromatic nitrogens is 5. The third-order valence-electron chi connectivity index (χ3n) is 7.27. The number of nitrogens with zero attached hydrogens (tertiary/aromatic N) is 5. The van der Waals surface area contributed by atoms with Gasteiger partial charge in [0.2, 0.25) is 0 Å². The zero-order valence-electron chi connectivity index (χ0n) is 23.8. The van der Waals surface area contributed by atoms with Crippen molar-refractivity contribution in [3.63, 3.8) is 0 Å². The van der Waals surface area contributed by atoms with Crippen molar-refractivity contribution in [1.82, 2.24) is 24.3 Å². The number of rotatable bonds is 6. The summed E-state index contributed by atoms with van der Waals surface area (Å²) in [6.45, 7) is 6.74. The molecule has 8 heteroatoms. The molecule has 42 heavy (non-hydrogen) atoms. The van der Waals surface area contributed by atoms with Gasteiger partial charge in [-0.15, -0.1) is 0 Å². The topological polar surface area (TPSA) is 95.1 Å². The monoisotopic (exact) mass is 555 g/mol. The second kappa shape index (κ2) is 10.9. The molecule has 0 radical (unpaired) electrons. The molecular formula is C34H29N5O3. The fourth-order valence-electron chi connectivity index (χ4n) is 5.24. The molecule has 0 saturated carbocycles. The fraction of sp³-hybridized carbons (Fsp3) is 0.176. The van der Waals surface area contributed by atoms with Crippen LogP contribution in [0.3, 0.4) is 0 Å². The molecule has 0 saturated heterocycles. The van der Waals surface area contributed by atoms with Gasteiger partial charge in [-0.25, -0.2) is 19.4 Å². The second-order valence-electron chi connectivity index (χ2n) is 10.1. The lowest BCUT2D eigenvalue weighted by Crippen LogP contribution is -2.08. The van der Waals surface area contributed by atoms with E-state index in [-0.39, 0.29) is 5.56 Å². The van der Waals surface area contributed by atoms with E-state index >= 15 is 0 Å². The van der Waals surface area contributed by atoms with Gasteiger partial charge in [0.25, 0.3) is 0 Å². The number of benzene rings is 3. The normalized spacial score (nSPS) is 11.0. The van der Waals surface area contributed by atoms with Crippen LogP contribution in [0, 0.1) is 25.7 Å². The van der Waals surface area contributed by atoms with Gasteiger partial charge < -0.3 is 14.4 Å². The number of carboxylic acids is 1. The van der Waals surface area contributed by atoms with Crippen molar-refractivity contribution in [2.75, 3.05) is 7.11 Å². The molecule has 3 aromatic carbocycles. The van der Waals surface area contributed by atoms with Crippen LogP contribution in [0.1, 0.15) is 51.2 Å². The Labute approximate surface area is 243 Å². The third-order valence-corrected chi connectivity index (χ3v) is 7.27. The van der Waals surface area contributed by atoms with Crippen LogP contribution in [0.15, 0.2) is 72.8 Å². The number of hydrogen-bond acceptors (Lipinski definition) is 5. The fourth-order valence-corrected chi connectivity index (χ4v) is 5.24. The van der Waals surface area contributed by atoms with Crippen molar-refractivity contribution in [3.05, 3.63) is 112 Å². The lowest BCUT2D eigenvalue weighted by molar-refractivity contribution is 0.0696. The number of imidazole rings is 1. The summed E-state index contributed by atoms with van der Waals surface area (Å²) < 4.78 is 9.08. The average Bonchev–Trinajstić information content (AvgIpc) is 3.54. The quantitative estimate of drug-likeness (QED) is 0.250. The molecule has 0 aliphatic rings. The number of carboxylic acid groups (broad SMARTS) is 1. The molecular weight excluding hydrogens is 526 g/mol. The SMILES string of the molecule is CCc1nc2c(C)cc(C)nc2n1Cc1ccc2nn(-c3ccccc3C(=O)O)c(C#Cc3ccc(OC)cc3)c2c1. The van der Waals surface area contributed by atoms with Crippen LogP contribution in [0.5, 0.6) is 5.75 Å². The highest BCUT2D eigenvalue weighted by Gasteiger charge is 2.19. The number of aryl methyl sites for hydroxylation is 3. The van der Waals surface area contributed by atoms with Crippen LogP contribution >= 0.6 is 0 Å². The number of hydrogen-bond donors (Lipinski definition) is 1. The molecule has 6 aromatic rings. The molecule has 6 rings (SSSR count). The number of methoxy groups -OCH3 is 1. The van der Waals surface area contributed by atoms with E-state index in [4.69, 9.17) is 19.8 Å². The minimum absolute atomic E-state index is 0.146. The molecule has 3 aromatic heterocycles. The van der Waals surface area contributed by atoms with Gasteiger partial charge in [-0.05, 0) is 85.5 Å². The first kappa shape index (κ1) is 26.8. The van der Waals surface area contributed by atoms with E-state index in [9.17, 15) is 9.90 Å². The zero-order valence-corrected chi connectivity index (χ0v) is 23.8. The van der Waals surface area contributed by atoms with Gasteiger partial charge in [-0.2, -0.15) is 5.10 Å². The highest BCUT2D eigenvalue weighted by molar-refractivity contribution is 5.93. The van der Waals surface area contributed by atoms with Crippen molar-refractivity contribution in [1.29, 1.82) is 0 Å². The molecule has 0 unspecified atom stereocenters. The number of pyridine rings is 1. The van der Waals surface area contributed by atoms with Gasteiger partial charge in [0.05, 0.1) is 30.4 Å². The third kappa shape index (κ3) is 4.86. The van der Waals surface area contributed by atoms with E-state index in [0.717, 1.165) is 56.9 Å². The molecule has 208 valence electrons. The van der Waals surface area contributed by atoms with E-state index in [2.05, 4.69) is 42.4 Å². The van der Waals surface area contributed by atoms with E-state index in [1.807, 2.05) is 43.3 Å². The number of aromatic carboxylic acids is 1. The predicted octanol–water partition coefficient (Wildman–Crippen LogP) is 6.10. The Balaban J connectivity index is 1.52. The first-order valence-electron chi connectivity index (χ1n) is 13.7. The van der Waals surface area contributed by atoms with Crippen LogP contribution < -0.4 is 4.74 Å². The highest BCUT2D eigenvalue weighted by Crippen LogP contribution is 2.27. The standard InChI is InChI=1S/C34H29N5O3/c1-5-31-36-32-21(2)18-22(3)35-33(32)38(31)20-24-12-16-28-27(19-24)30(17-13-23-10-14-25(42-4)15-11-23)39(37-28)29-9-7-6-8-26(29)34(40)41/h6-12,14-16,18-19H,5,20H2,1-4H3,(H,40,41). The minimum atomic E-state index is -1.03. The number of ether oxygens (including phenoxy) is 1. The Bertz CT molecular complexity index is 2040. The summed E-state index contributed by atoms with van der Waals surface area (Å²) in [5.74, 6) is 7.21. The highest BCUT2D eigenvalue weighted by atomic mass is 16.5. The van der Waals surface area contributed by atoms with Crippen molar-refractivity contribution < 1.29 is 14.6 Å². The Morgan fingerprint density at radius 1 is 0.976 bits per heavy atom. The van der Waals surface area contributed by atoms with Crippen molar-refractivity contribution in [2.45, 2.75) is 33.7 Å². The number of para-hydroxylation sites is 1. The summed E-state index contributed by atoms with van der Waals surface area (Å²) >= 11 is 0. The lowest BCUT2D eigenvalue weighted by atomic mass is 10.1. The van der Waals surface area contributed by atoms with Crippen LogP contribution in [0.2, 0.25) is 0 Å². The maximum atomic E-state index is 12.1. The zero-order chi connectivity index (χ0) is 29.4. The molecule has 0 aliphatic heterocycles. The van der Waals surface area contributed by atoms with Crippen LogP contribution in [-0.4, -0.2) is 42.5 Å². The summed E-state index contributed by atoms with van der Waals surface area (Å²) in [6, 6.07) is 22.4. The van der Waals surface area contributed by atoms with Gasteiger partial charge in [-0.1, -0.05) is 31.0 Å². The van der Waals surface area contributed by atoms with Crippen LogP contribution in [-0.2, 0) is 13.0 Å². The number of carbonyl (C=O) groups is 1. The number of fused-ring (bicyclic) bond motifs is 2. The van der Waals surface area contributed by atoms with Gasteiger partial charge in [0.15, 0.2) is 5.65 Å². The molecule has 3 heterocycles. The first-order valence-corrected chi connectivity index (χ1v) is 13.7. The van der Waals surface area contributed by atoms with Gasteiger partial charge >= 0.3 is 5.97 Å². The lowest BCUT2D eigenvalue weighted by Gasteiger charge is -2.09. The Hall–Kier alpha value is -5.42. The molecule has 0 bridgehead atoms. The van der Waals surface area contributed by atoms with Crippen molar-refractivity contribution in [2.24, 2.45) is 0 Å². The summed E-state index contributed by atoms with van der Waals surface area (Å²) in [4.78, 5) is 21.8. The van der Waals surface area contributed by atoms with Crippen LogP contribution in [0.4, 0.5) is 0 Å². The minimum Gasteiger partial charge on any atom is -0.497 e. The first-order chi connectivity index (χ1) is 20.4. The molecule has 8 nitrogen and oxygen atoms in total. The maximum absolute atomic E-state index is 12.1. The van der Waals surface area contributed by atoms with Gasteiger partial charge in [0.1, 0.15) is 22.8 Å². The molecule has 0 atom stereocenters. The van der Waals surface area contributed by atoms with Crippen LogP contribution in [0.25, 0.3) is 27.8 Å². The Kier molecular flexibility index (Phi) is 6.93. The smallest absolute Gasteiger partial charge is 0.337 e. The van der Waals surface area contributed by atoms with E-state index < -0.39 is 5.97 Å². The summed E-state index contributed by atoms with van der Waals surface area (Å²) in [5.41, 5.74) is 7.60. The summed E-state index contributed by atoms with van der Waals surface area (Å²) in [7, 11) is 1.62. The molecule has 0 fully saturated rings. The summed E-state index contributed by atoms with van der Waals surface area (Å²) in [5, 5.41) is 15.5. The predicted molar refractivity (Wildman–Crippen MR) is 162 cm³/mol. The van der Waals surface area contributed by atoms with Gasteiger partial charge in [0, 0.05) is 23.1 Å². The van der Waals surface area contributed by atoms with Gasteiger partial charge in [-0.3, -0.25) is 0 Å². The molecule has 0 aliphatic carbocycles. The van der Waals surface area contributed by atoms with Crippen molar-refractivity contribution >= 4 is 28.0 Å². The van der Waals surface area contributed by atoms with E-state index in [1.54, 1.807) is 36.1 Å². The Morgan fingerprint density at radius 2 is 1.76 bits per heavy atom.